The summed E-state index contributed by atoms with van der Waals surface area (Å²) in [5, 5.41) is 0. The zero-order valence-corrected chi connectivity index (χ0v) is 9.91. The number of carbonyl (C=O) groups excluding carboxylic acids is 1. The predicted octanol–water partition coefficient (Wildman–Crippen LogP) is 1.04. The summed E-state index contributed by atoms with van der Waals surface area (Å²) in [6.07, 6.45) is 0.521. The van der Waals surface area contributed by atoms with Crippen LogP contribution in [0.25, 0.3) is 0 Å². The molecule has 1 aromatic carbocycles. The molecule has 0 aliphatic carbocycles. The summed E-state index contributed by atoms with van der Waals surface area (Å²) >= 11 is 0. The maximum absolute atomic E-state index is 13.3. The molecule has 6 heteroatoms. The Hall–Kier alpha value is -1.27. The smallest absolute Gasteiger partial charge is 0.214 e. The molecule has 0 aromatic heterocycles. The Balaban J connectivity index is 2.16. The van der Waals surface area contributed by atoms with E-state index < -0.39 is 21.6 Å². The number of carbonyl (C=O) groups is 1. The van der Waals surface area contributed by atoms with Crippen LogP contribution in [0, 0.1) is 5.82 Å². The number of sulfonamides is 1. The van der Waals surface area contributed by atoms with Gasteiger partial charge in [-0.3, -0.25) is 4.79 Å². The molecule has 0 amide bonds. The number of rotatable bonds is 3. The van der Waals surface area contributed by atoms with Gasteiger partial charge in [0, 0.05) is 6.54 Å². The van der Waals surface area contributed by atoms with Gasteiger partial charge in [0.1, 0.15) is 5.82 Å². The summed E-state index contributed by atoms with van der Waals surface area (Å²) in [6.45, 7) is 0.0613. The Morgan fingerprint density at radius 2 is 2.06 bits per heavy atom. The van der Waals surface area contributed by atoms with Crippen LogP contribution in [0.2, 0.25) is 0 Å². The summed E-state index contributed by atoms with van der Waals surface area (Å²) in [5.41, 5.74) is -0.0606. The first-order valence-corrected chi connectivity index (χ1v) is 6.87. The molecule has 1 saturated heterocycles. The molecule has 0 spiro atoms. The van der Waals surface area contributed by atoms with Crippen molar-refractivity contribution in [3.05, 3.63) is 35.6 Å². The quantitative estimate of drug-likeness (QED) is 0.760. The second kappa shape index (κ2) is 4.54. The number of hydrogen-bond donors (Lipinski definition) is 0. The van der Waals surface area contributed by atoms with Gasteiger partial charge in [-0.05, 0) is 18.6 Å². The Morgan fingerprint density at radius 1 is 1.35 bits per heavy atom. The van der Waals surface area contributed by atoms with E-state index in [2.05, 4.69) is 0 Å². The Bertz CT molecular complexity index is 541. The van der Waals surface area contributed by atoms with Gasteiger partial charge in [-0.15, -0.1) is 0 Å². The fourth-order valence-corrected chi connectivity index (χ4v) is 3.27. The molecule has 1 heterocycles. The van der Waals surface area contributed by atoms with Gasteiger partial charge in [0.2, 0.25) is 10.0 Å². The van der Waals surface area contributed by atoms with Crippen molar-refractivity contribution in [2.24, 2.45) is 0 Å². The van der Waals surface area contributed by atoms with Gasteiger partial charge < -0.3 is 0 Å². The fourth-order valence-electron chi connectivity index (χ4n) is 1.80. The van der Waals surface area contributed by atoms with Gasteiger partial charge in [0.25, 0.3) is 0 Å². The van der Waals surface area contributed by atoms with E-state index in [0.29, 0.717) is 13.0 Å². The van der Waals surface area contributed by atoms with Crippen LogP contribution >= 0.6 is 0 Å². The molecule has 0 N–H and O–H groups in total. The van der Waals surface area contributed by atoms with E-state index in [0.717, 1.165) is 4.31 Å². The average molecular weight is 257 g/mol. The van der Waals surface area contributed by atoms with Gasteiger partial charge in [0.15, 0.2) is 5.78 Å². The van der Waals surface area contributed by atoms with Gasteiger partial charge in [0.05, 0.1) is 17.9 Å². The fraction of sp³-hybridized carbons (Fsp3) is 0.364. The number of ketones is 1. The van der Waals surface area contributed by atoms with E-state index in [9.17, 15) is 17.6 Å². The second-order valence-corrected chi connectivity index (χ2v) is 5.99. The third-order valence-corrected chi connectivity index (χ3v) is 4.60. The van der Waals surface area contributed by atoms with E-state index in [-0.39, 0.29) is 17.9 Å². The first-order valence-electron chi connectivity index (χ1n) is 5.26. The molecule has 92 valence electrons. The topological polar surface area (TPSA) is 54.5 Å². The minimum atomic E-state index is -3.31. The van der Waals surface area contributed by atoms with Crippen molar-refractivity contribution < 1.29 is 17.6 Å². The third-order valence-electron chi connectivity index (χ3n) is 2.70. The Morgan fingerprint density at radius 3 is 2.65 bits per heavy atom. The van der Waals surface area contributed by atoms with Crippen LogP contribution in [-0.4, -0.2) is 37.3 Å². The third kappa shape index (κ3) is 2.53. The standard InChI is InChI=1S/C11H12FNO3S/c12-10-5-2-1-4-9(10)11(14)8-13-6-3-7-17(13,15)16/h1-2,4-5H,3,6-8H2. The van der Waals surface area contributed by atoms with E-state index in [4.69, 9.17) is 0 Å². The normalized spacial score (nSPS) is 19.4. The number of nitrogens with zero attached hydrogens (tertiary/aromatic N) is 1. The largest absolute Gasteiger partial charge is 0.293 e. The van der Waals surface area contributed by atoms with E-state index in [1.807, 2.05) is 0 Å². The molecule has 0 saturated carbocycles. The molecule has 1 aromatic rings. The molecule has 0 bridgehead atoms. The van der Waals surface area contributed by atoms with Crippen molar-refractivity contribution in [3.8, 4) is 0 Å². The molecule has 0 radical (unpaired) electrons. The summed E-state index contributed by atoms with van der Waals surface area (Å²) < 4.78 is 37.4. The maximum Gasteiger partial charge on any atom is 0.214 e. The van der Waals surface area contributed by atoms with Crippen LogP contribution in [0.5, 0.6) is 0 Å². The molecule has 2 rings (SSSR count). The first kappa shape index (κ1) is 12.2. The number of benzene rings is 1. The highest BCUT2D eigenvalue weighted by atomic mass is 32.2. The van der Waals surface area contributed by atoms with Crippen molar-refractivity contribution >= 4 is 15.8 Å². The first-order chi connectivity index (χ1) is 8.00. The van der Waals surface area contributed by atoms with Crippen LogP contribution in [0.1, 0.15) is 16.8 Å². The van der Waals surface area contributed by atoms with Crippen LogP contribution < -0.4 is 0 Å². The highest BCUT2D eigenvalue weighted by Crippen LogP contribution is 2.15. The second-order valence-electron chi connectivity index (χ2n) is 3.91. The minimum Gasteiger partial charge on any atom is -0.293 e. The van der Waals surface area contributed by atoms with E-state index in [1.165, 1.54) is 18.2 Å². The lowest BCUT2D eigenvalue weighted by Gasteiger charge is -2.13. The molecular weight excluding hydrogens is 245 g/mol. The number of Topliss-reactive ketones (excluding diaryl/α,β-unsaturated/α-hetero) is 1. The van der Waals surface area contributed by atoms with Gasteiger partial charge in [-0.1, -0.05) is 12.1 Å². The molecule has 4 nitrogen and oxygen atoms in total. The van der Waals surface area contributed by atoms with Crippen molar-refractivity contribution in [2.45, 2.75) is 6.42 Å². The summed E-state index contributed by atoms with van der Waals surface area (Å²) in [4.78, 5) is 11.8. The lowest BCUT2D eigenvalue weighted by Crippen LogP contribution is -2.31. The number of halogens is 1. The highest BCUT2D eigenvalue weighted by molar-refractivity contribution is 7.89. The molecule has 1 aliphatic heterocycles. The van der Waals surface area contributed by atoms with Crippen molar-refractivity contribution in [3.63, 3.8) is 0 Å². The SMILES string of the molecule is O=C(CN1CCCS1(=O)=O)c1ccccc1F. The predicted molar refractivity (Wildman–Crippen MR) is 60.7 cm³/mol. The summed E-state index contributed by atoms with van der Waals surface area (Å²) in [5.74, 6) is -1.06. The Labute approximate surface area is 99.1 Å². The van der Waals surface area contributed by atoms with E-state index in [1.54, 1.807) is 6.07 Å². The molecule has 1 aliphatic rings. The zero-order valence-electron chi connectivity index (χ0n) is 9.10. The molecular formula is C11H12FNO3S. The highest BCUT2D eigenvalue weighted by Gasteiger charge is 2.30. The van der Waals surface area contributed by atoms with Crippen molar-refractivity contribution in [2.75, 3.05) is 18.8 Å². The summed E-state index contributed by atoms with van der Waals surface area (Å²) in [7, 11) is -3.31. The molecule has 0 unspecified atom stereocenters. The van der Waals surface area contributed by atoms with Gasteiger partial charge >= 0.3 is 0 Å². The van der Waals surface area contributed by atoms with Crippen LogP contribution in [0.4, 0.5) is 4.39 Å². The average Bonchev–Trinajstić information content (AvgIpc) is 2.59. The lowest BCUT2D eigenvalue weighted by atomic mass is 10.1. The van der Waals surface area contributed by atoms with Crippen molar-refractivity contribution in [1.29, 1.82) is 0 Å². The van der Waals surface area contributed by atoms with Crippen LogP contribution in [-0.2, 0) is 10.0 Å². The molecule has 17 heavy (non-hydrogen) atoms. The summed E-state index contributed by atoms with van der Waals surface area (Å²) in [6, 6.07) is 5.58. The van der Waals surface area contributed by atoms with Crippen LogP contribution in [0.3, 0.4) is 0 Å². The van der Waals surface area contributed by atoms with Gasteiger partial charge in [-0.25, -0.2) is 12.8 Å². The molecule has 0 atom stereocenters. The number of hydrogen-bond acceptors (Lipinski definition) is 3. The maximum atomic E-state index is 13.3. The zero-order chi connectivity index (χ0) is 12.5. The van der Waals surface area contributed by atoms with Gasteiger partial charge in [-0.2, -0.15) is 4.31 Å². The van der Waals surface area contributed by atoms with Crippen molar-refractivity contribution in [1.82, 2.24) is 4.31 Å². The molecule has 1 fully saturated rings. The van der Waals surface area contributed by atoms with E-state index >= 15 is 0 Å². The minimum absolute atomic E-state index is 0.0606. The monoisotopic (exact) mass is 257 g/mol. The lowest BCUT2D eigenvalue weighted by molar-refractivity contribution is 0.0965. The van der Waals surface area contributed by atoms with Crippen LogP contribution in [0.15, 0.2) is 24.3 Å². The Kier molecular flexibility index (Phi) is 3.26.